The number of esters is 1. The zero-order valence-corrected chi connectivity index (χ0v) is 10.8. The molecule has 0 aromatic heterocycles. The lowest BCUT2D eigenvalue weighted by Crippen LogP contribution is -2.38. The zero-order valence-electron chi connectivity index (χ0n) is 10.8. The Morgan fingerprint density at radius 1 is 1.45 bits per heavy atom. The van der Waals surface area contributed by atoms with Crippen LogP contribution in [0, 0.1) is 0 Å². The van der Waals surface area contributed by atoms with Crippen LogP contribution >= 0.6 is 0 Å². The lowest BCUT2D eigenvalue weighted by molar-refractivity contribution is -0.117. The van der Waals surface area contributed by atoms with E-state index in [9.17, 15) is 14.4 Å². The molecule has 1 heterocycles. The van der Waals surface area contributed by atoms with Crippen molar-refractivity contribution in [2.45, 2.75) is 13.0 Å². The Labute approximate surface area is 115 Å². The van der Waals surface area contributed by atoms with E-state index < -0.39 is 24.0 Å². The molecule has 1 aromatic rings. The Morgan fingerprint density at radius 3 is 2.85 bits per heavy atom. The molecule has 7 nitrogen and oxygen atoms in total. The van der Waals surface area contributed by atoms with Gasteiger partial charge in [0.2, 0.25) is 0 Å². The molecular weight excluding hydrogens is 264 g/mol. The van der Waals surface area contributed by atoms with Gasteiger partial charge in [0.15, 0.2) is 0 Å². The van der Waals surface area contributed by atoms with Gasteiger partial charge in [-0.25, -0.2) is 9.59 Å². The van der Waals surface area contributed by atoms with E-state index in [0.717, 1.165) is 0 Å². The SMILES string of the molecule is CCOC(=O)c1ccccc1NC(=O)C1COC(=O)N1. The van der Waals surface area contributed by atoms with Gasteiger partial charge in [0.25, 0.3) is 5.91 Å². The molecule has 1 saturated heterocycles. The lowest BCUT2D eigenvalue weighted by Gasteiger charge is -2.12. The van der Waals surface area contributed by atoms with Crippen LogP contribution in [0.4, 0.5) is 10.5 Å². The molecule has 1 aliphatic heterocycles. The number of hydrogen-bond donors (Lipinski definition) is 2. The average molecular weight is 278 g/mol. The summed E-state index contributed by atoms with van der Waals surface area (Å²) in [6.45, 7) is 1.91. The normalized spacial score (nSPS) is 17.1. The number of rotatable bonds is 4. The van der Waals surface area contributed by atoms with Crippen molar-refractivity contribution in [1.82, 2.24) is 5.32 Å². The molecular formula is C13H14N2O5. The second kappa shape index (κ2) is 6.05. The van der Waals surface area contributed by atoms with Crippen LogP contribution in [-0.2, 0) is 14.3 Å². The number of carbonyl (C=O) groups is 3. The minimum Gasteiger partial charge on any atom is -0.462 e. The number of nitrogens with one attached hydrogen (secondary N) is 2. The van der Waals surface area contributed by atoms with Crippen LogP contribution in [0.2, 0.25) is 0 Å². The number of hydrogen-bond acceptors (Lipinski definition) is 5. The van der Waals surface area contributed by atoms with Crippen molar-refractivity contribution in [3.63, 3.8) is 0 Å². The van der Waals surface area contributed by atoms with E-state index in [-0.39, 0.29) is 18.8 Å². The van der Waals surface area contributed by atoms with Crippen LogP contribution < -0.4 is 10.6 Å². The standard InChI is InChI=1S/C13H14N2O5/c1-2-19-12(17)8-5-3-4-6-9(8)14-11(16)10-7-20-13(18)15-10/h3-6,10H,2,7H2,1H3,(H,14,16)(H,15,18). The van der Waals surface area contributed by atoms with Gasteiger partial charge in [-0.05, 0) is 19.1 Å². The van der Waals surface area contributed by atoms with Crippen molar-refractivity contribution in [1.29, 1.82) is 0 Å². The molecule has 2 amide bonds. The van der Waals surface area contributed by atoms with Crippen molar-refractivity contribution < 1.29 is 23.9 Å². The third-order valence-electron chi connectivity index (χ3n) is 2.67. The largest absolute Gasteiger partial charge is 0.462 e. The fourth-order valence-electron chi connectivity index (χ4n) is 1.72. The first-order valence-electron chi connectivity index (χ1n) is 6.12. The highest BCUT2D eigenvalue weighted by molar-refractivity contribution is 6.03. The molecule has 1 aromatic carbocycles. The van der Waals surface area contributed by atoms with Crippen molar-refractivity contribution >= 4 is 23.7 Å². The molecule has 1 aliphatic rings. The van der Waals surface area contributed by atoms with Gasteiger partial charge in [-0.15, -0.1) is 0 Å². The summed E-state index contributed by atoms with van der Waals surface area (Å²) in [6.07, 6.45) is -0.635. The van der Waals surface area contributed by atoms with Gasteiger partial charge in [0.05, 0.1) is 17.9 Å². The molecule has 0 radical (unpaired) electrons. The zero-order chi connectivity index (χ0) is 14.5. The van der Waals surface area contributed by atoms with Crippen molar-refractivity contribution in [2.75, 3.05) is 18.5 Å². The highest BCUT2D eigenvalue weighted by Gasteiger charge is 2.29. The maximum absolute atomic E-state index is 11.9. The highest BCUT2D eigenvalue weighted by Crippen LogP contribution is 2.17. The monoisotopic (exact) mass is 278 g/mol. The first kappa shape index (κ1) is 13.9. The van der Waals surface area contributed by atoms with E-state index in [0.29, 0.717) is 5.69 Å². The van der Waals surface area contributed by atoms with Crippen LogP contribution in [0.1, 0.15) is 17.3 Å². The van der Waals surface area contributed by atoms with Crippen LogP contribution in [-0.4, -0.2) is 37.2 Å². The molecule has 2 rings (SSSR count). The van der Waals surface area contributed by atoms with Crippen molar-refractivity contribution in [3.8, 4) is 0 Å². The minimum atomic E-state index is -0.766. The van der Waals surface area contributed by atoms with Crippen LogP contribution in [0.5, 0.6) is 0 Å². The van der Waals surface area contributed by atoms with Gasteiger partial charge >= 0.3 is 12.1 Å². The number of para-hydroxylation sites is 1. The Morgan fingerprint density at radius 2 is 2.20 bits per heavy atom. The summed E-state index contributed by atoms with van der Waals surface area (Å²) in [4.78, 5) is 34.6. The van der Waals surface area contributed by atoms with E-state index in [1.807, 2.05) is 0 Å². The second-order valence-electron chi connectivity index (χ2n) is 4.05. The van der Waals surface area contributed by atoms with E-state index in [1.165, 1.54) is 0 Å². The minimum absolute atomic E-state index is 0.0355. The van der Waals surface area contributed by atoms with E-state index in [1.54, 1.807) is 31.2 Å². The summed E-state index contributed by atoms with van der Waals surface area (Å²) in [6, 6.07) is 5.72. The summed E-state index contributed by atoms with van der Waals surface area (Å²) in [5, 5.41) is 4.94. The summed E-state index contributed by atoms with van der Waals surface area (Å²) in [5.74, 6) is -0.970. The fourth-order valence-corrected chi connectivity index (χ4v) is 1.72. The van der Waals surface area contributed by atoms with Crippen LogP contribution in [0.25, 0.3) is 0 Å². The Balaban J connectivity index is 2.11. The Hall–Kier alpha value is -2.57. The molecule has 0 aliphatic carbocycles. The molecule has 106 valence electrons. The number of benzene rings is 1. The van der Waals surface area contributed by atoms with Gasteiger partial charge in [-0.2, -0.15) is 0 Å². The van der Waals surface area contributed by atoms with Gasteiger partial charge in [0, 0.05) is 0 Å². The third kappa shape index (κ3) is 3.05. The smallest absolute Gasteiger partial charge is 0.407 e. The molecule has 0 bridgehead atoms. The summed E-state index contributed by atoms with van der Waals surface area (Å²) >= 11 is 0. The molecule has 2 N–H and O–H groups in total. The van der Waals surface area contributed by atoms with Gasteiger partial charge in [-0.1, -0.05) is 12.1 Å². The number of ether oxygens (including phenoxy) is 2. The highest BCUT2D eigenvalue weighted by atomic mass is 16.6. The number of amides is 2. The maximum Gasteiger partial charge on any atom is 0.407 e. The molecule has 0 saturated carbocycles. The van der Waals surface area contributed by atoms with Gasteiger partial charge < -0.3 is 20.1 Å². The second-order valence-corrected chi connectivity index (χ2v) is 4.05. The Kier molecular flexibility index (Phi) is 4.19. The molecule has 1 atom stereocenters. The maximum atomic E-state index is 11.9. The topological polar surface area (TPSA) is 93.7 Å². The number of cyclic esters (lactones) is 1. The van der Waals surface area contributed by atoms with E-state index >= 15 is 0 Å². The molecule has 7 heteroatoms. The molecule has 0 spiro atoms. The molecule has 1 unspecified atom stereocenters. The van der Waals surface area contributed by atoms with Crippen LogP contribution in [0.3, 0.4) is 0 Å². The number of carbonyl (C=O) groups excluding carboxylic acids is 3. The summed E-state index contributed by atoms with van der Waals surface area (Å²) in [7, 11) is 0. The predicted octanol–water partition coefficient (Wildman–Crippen LogP) is 0.910. The third-order valence-corrected chi connectivity index (χ3v) is 2.67. The lowest BCUT2D eigenvalue weighted by atomic mass is 10.1. The summed E-state index contributed by atoms with van der Waals surface area (Å²) in [5.41, 5.74) is 0.588. The van der Waals surface area contributed by atoms with E-state index in [4.69, 9.17) is 4.74 Å². The average Bonchev–Trinajstić information content (AvgIpc) is 2.86. The molecule has 1 fully saturated rings. The first-order valence-corrected chi connectivity index (χ1v) is 6.12. The Bertz CT molecular complexity index is 543. The van der Waals surface area contributed by atoms with Crippen molar-refractivity contribution in [2.24, 2.45) is 0 Å². The predicted molar refractivity (Wildman–Crippen MR) is 69.3 cm³/mol. The number of alkyl carbamates (subject to hydrolysis) is 1. The van der Waals surface area contributed by atoms with Crippen LogP contribution in [0.15, 0.2) is 24.3 Å². The quantitative estimate of drug-likeness (QED) is 0.798. The summed E-state index contributed by atoms with van der Waals surface area (Å²) < 4.78 is 9.55. The fraction of sp³-hybridized carbons (Fsp3) is 0.308. The van der Waals surface area contributed by atoms with Gasteiger partial charge in [-0.3, -0.25) is 4.79 Å². The van der Waals surface area contributed by atoms with Crippen molar-refractivity contribution in [3.05, 3.63) is 29.8 Å². The molecule has 20 heavy (non-hydrogen) atoms. The first-order chi connectivity index (χ1) is 9.61. The number of anilines is 1. The van der Waals surface area contributed by atoms with Gasteiger partial charge in [0.1, 0.15) is 12.6 Å². The van der Waals surface area contributed by atoms with E-state index in [2.05, 4.69) is 15.4 Å².